The molecule has 1 aliphatic carbocycles. The van der Waals surface area contributed by atoms with Crippen molar-refractivity contribution >= 4 is 5.97 Å². The van der Waals surface area contributed by atoms with Crippen molar-refractivity contribution in [1.29, 1.82) is 0 Å². The maximum atomic E-state index is 12.5. The minimum Gasteiger partial charge on any atom is -0.469 e. The number of carbonyl (C=O) groups is 1. The second kappa shape index (κ2) is 10.2. The number of aromatic nitrogens is 3. The summed E-state index contributed by atoms with van der Waals surface area (Å²) in [6.07, 6.45) is 6.57. The van der Waals surface area contributed by atoms with Gasteiger partial charge in [0.2, 0.25) is 11.7 Å². The van der Waals surface area contributed by atoms with Gasteiger partial charge in [0.25, 0.3) is 0 Å². The summed E-state index contributed by atoms with van der Waals surface area (Å²) in [6.45, 7) is 8.00. The summed E-state index contributed by atoms with van der Waals surface area (Å²) in [4.78, 5) is 23.3. The van der Waals surface area contributed by atoms with E-state index >= 15 is 0 Å². The van der Waals surface area contributed by atoms with Crippen molar-refractivity contribution in [2.45, 2.75) is 63.9 Å². The Morgan fingerprint density at radius 1 is 1.13 bits per heavy atom. The highest BCUT2D eigenvalue weighted by atomic mass is 16.5. The molecule has 1 aromatic carbocycles. The van der Waals surface area contributed by atoms with Gasteiger partial charge < -0.3 is 19.3 Å². The Morgan fingerprint density at radius 2 is 1.82 bits per heavy atom. The molecule has 202 valence electrons. The molecule has 38 heavy (non-hydrogen) atoms. The van der Waals surface area contributed by atoms with Crippen LogP contribution in [0.2, 0.25) is 0 Å². The van der Waals surface area contributed by atoms with E-state index < -0.39 is 5.60 Å². The molecule has 0 radical (unpaired) electrons. The molecule has 1 N–H and O–H groups in total. The zero-order valence-electron chi connectivity index (χ0n) is 23.0. The fourth-order valence-electron chi connectivity index (χ4n) is 6.37. The molecule has 1 saturated heterocycles. The third-order valence-corrected chi connectivity index (χ3v) is 8.57. The van der Waals surface area contributed by atoms with Crippen LogP contribution in [0, 0.1) is 11.3 Å². The summed E-state index contributed by atoms with van der Waals surface area (Å²) in [5.74, 6) is 1.37. The molecule has 0 unspecified atom stereocenters. The molecule has 1 atom stereocenters. The Bertz CT molecular complexity index is 1270. The zero-order chi connectivity index (χ0) is 27.1. The second-order valence-electron chi connectivity index (χ2n) is 11.7. The van der Waals surface area contributed by atoms with E-state index in [2.05, 4.69) is 55.0 Å². The summed E-state index contributed by atoms with van der Waals surface area (Å²) >= 11 is 0. The fourth-order valence-corrected chi connectivity index (χ4v) is 6.37. The summed E-state index contributed by atoms with van der Waals surface area (Å²) in [5, 5.41) is 16.7. The molecule has 0 spiro atoms. The van der Waals surface area contributed by atoms with E-state index in [0.29, 0.717) is 28.8 Å². The predicted octanol–water partition coefficient (Wildman–Crippen LogP) is 4.89. The monoisotopic (exact) mass is 518 g/mol. The lowest BCUT2D eigenvalue weighted by Gasteiger charge is -2.55. The topological polar surface area (TPSA) is 102 Å². The fraction of sp³-hybridized carbons (Fsp3) is 0.533. The van der Waals surface area contributed by atoms with Crippen LogP contribution in [-0.2, 0) is 15.1 Å². The summed E-state index contributed by atoms with van der Waals surface area (Å²) in [6, 6.07) is 10.2. The number of esters is 1. The number of rotatable bonds is 7. The molecule has 0 bridgehead atoms. The average Bonchev–Trinajstić information content (AvgIpc) is 3.42. The first kappa shape index (κ1) is 26.5. The number of nitrogens with zero attached hydrogens (tertiary/aromatic N) is 4. The van der Waals surface area contributed by atoms with E-state index in [-0.39, 0.29) is 23.2 Å². The smallest absolute Gasteiger partial charge is 0.308 e. The highest BCUT2D eigenvalue weighted by Crippen LogP contribution is 2.50. The number of carbonyl (C=O) groups excluding carboxylic acids is 1. The van der Waals surface area contributed by atoms with Crippen LogP contribution in [0.5, 0.6) is 0 Å². The van der Waals surface area contributed by atoms with Crippen LogP contribution in [0.15, 0.2) is 47.2 Å². The van der Waals surface area contributed by atoms with E-state index in [0.717, 1.165) is 44.3 Å². The molecule has 5 rings (SSSR count). The minimum absolute atomic E-state index is 0.0567. The molecular formula is C30H38N4O4. The third-order valence-electron chi connectivity index (χ3n) is 8.57. The molecule has 8 heteroatoms. The molecule has 3 heterocycles. The predicted molar refractivity (Wildman–Crippen MR) is 143 cm³/mol. The van der Waals surface area contributed by atoms with Crippen LogP contribution >= 0.6 is 0 Å². The van der Waals surface area contributed by atoms with Gasteiger partial charge in [0.05, 0.1) is 13.0 Å². The van der Waals surface area contributed by atoms with E-state index in [9.17, 15) is 9.90 Å². The lowest BCUT2D eigenvalue weighted by Crippen LogP contribution is -2.63. The van der Waals surface area contributed by atoms with Crippen molar-refractivity contribution in [3.8, 4) is 11.4 Å². The van der Waals surface area contributed by atoms with E-state index in [4.69, 9.17) is 14.2 Å². The Morgan fingerprint density at radius 3 is 2.42 bits per heavy atom. The van der Waals surface area contributed by atoms with Gasteiger partial charge in [-0.15, -0.1) is 0 Å². The summed E-state index contributed by atoms with van der Waals surface area (Å²) in [7, 11) is 3.50. The van der Waals surface area contributed by atoms with Gasteiger partial charge in [-0.1, -0.05) is 50.2 Å². The summed E-state index contributed by atoms with van der Waals surface area (Å²) in [5.41, 5.74) is 1.88. The van der Waals surface area contributed by atoms with Crippen molar-refractivity contribution < 1.29 is 19.2 Å². The Kier molecular flexibility index (Phi) is 7.13. The highest BCUT2D eigenvalue weighted by molar-refractivity contribution is 5.72. The van der Waals surface area contributed by atoms with Crippen LogP contribution in [0.1, 0.15) is 80.9 Å². The molecular weight excluding hydrogens is 480 g/mol. The summed E-state index contributed by atoms with van der Waals surface area (Å²) < 4.78 is 10.6. The van der Waals surface area contributed by atoms with Gasteiger partial charge >= 0.3 is 5.97 Å². The lowest BCUT2D eigenvalue weighted by atomic mass is 9.62. The van der Waals surface area contributed by atoms with Crippen molar-refractivity contribution in [3.63, 3.8) is 0 Å². The van der Waals surface area contributed by atoms with Gasteiger partial charge in [-0.25, -0.2) is 0 Å². The molecule has 2 aromatic heterocycles. The van der Waals surface area contributed by atoms with Crippen LogP contribution in [0.4, 0.5) is 0 Å². The van der Waals surface area contributed by atoms with Crippen molar-refractivity contribution in [3.05, 3.63) is 65.3 Å². The normalized spacial score (nSPS) is 23.0. The molecule has 2 aliphatic rings. The van der Waals surface area contributed by atoms with Gasteiger partial charge in [0.1, 0.15) is 5.60 Å². The lowest BCUT2D eigenvalue weighted by molar-refractivity contribution is -0.146. The van der Waals surface area contributed by atoms with Crippen LogP contribution < -0.4 is 0 Å². The molecule has 2 fully saturated rings. The van der Waals surface area contributed by atoms with Crippen molar-refractivity contribution in [2.24, 2.45) is 11.3 Å². The molecule has 8 nitrogen and oxygen atoms in total. The van der Waals surface area contributed by atoms with Gasteiger partial charge in [-0.2, -0.15) is 4.98 Å². The largest absolute Gasteiger partial charge is 0.469 e. The van der Waals surface area contributed by atoms with Crippen LogP contribution in [-0.4, -0.2) is 58.3 Å². The van der Waals surface area contributed by atoms with Gasteiger partial charge in [-0.3, -0.25) is 9.78 Å². The van der Waals surface area contributed by atoms with Crippen LogP contribution in [0.3, 0.4) is 0 Å². The van der Waals surface area contributed by atoms with Gasteiger partial charge in [0.15, 0.2) is 0 Å². The number of pyridine rings is 1. The minimum atomic E-state index is -1.24. The number of methoxy groups -OCH3 is 1. The zero-order valence-corrected chi connectivity index (χ0v) is 23.0. The Hall–Kier alpha value is -3.10. The van der Waals surface area contributed by atoms with Crippen LogP contribution in [0.25, 0.3) is 11.4 Å². The van der Waals surface area contributed by atoms with Crippen molar-refractivity contribution in [2.75, 3.05) is 27.2 Å². The Labute approximate surface area is 224 Å². The first-order valence-electron chi connectivity index (χ1n) is 13.5. The second-order valence-corrected chi connectivity index (χ2v) is 11.7. The molecule has 1 saturated carbocycles. The van der Waals surface area contributed by atoms with Crippen molar-refractivity contribution in [1.82, 2.24) is 20.0 Å². The average molecular weight is 519 g/mol. The molecule has 1 aliphatic heterocycles. The maximum Gasteiger partial charge on any atom is 0.308 e. The first-order chi connectivity index (χ1) is 18.1. The highest BCUT2D eigenvalue weighted by Gasteiger charge is 2.55. The SMILES string of the molecule is COC(=O)C1CCC(c2nc(-c3cncc([C@@](O)(c4ccc(C(C)C)cc4)C4(C)CN(C)C4)c3)no2)CC1. The number of hydrogen-bond acceptors (Lipinski definition) is 8. The molecule has 3 aromatic rings. The standard InChI is InChI=1S/C30H38N4O4/c1-19(2)20-10-12-24(13-11-20)30(36,29(3)17-34(4)18-29)25-14-23(15-31-16-25)26-32-27(38-33-26)21-6-8-22(9-7-21)28(35)37-5/h10-16,19,21-22,36H,6-9,17-18H2,1-5H3/t21?,22?,30-/m0/s1. The van der Waals surface area contributed by atoms with Gasteiger partial charge in [0, 0.05) is 47.9 Å². The quantitative estimate of drug-likeness (QED) is 0.441. The maximum absolute atomic E-state index is 12.5. The Balaban J connectivity index is 1.44. The third kappa shape index (κ3) is 4.64. The number of benzene rings is 1. The number of aliphatic hydroxyl groups is 1. The number of ether oxygens (including phenoxy) is 1. The van der Waals surface area contributed by atoms with Gasteiger partial charge in [-0.05, 0) is 55.8 Å². The van der Waals surface area contributed by atoms with E-state index in [1.807, 2.05) is 18.2 Å². The number of hydrogen-bond donors (Lipinski definition) is 1. The number of likely N-dealkylation sites (tertiary alicyclic amines) is 1. The molecule has 0 amide bonds. The van der Waals surface area contributed by atoms with E-state index in [1.165, 1.54) is 12.7 Å². The van der Waals surface area contributed by atoms with E-state index in [1.54, 1.807) is 12.4 Å². The first-order valence-corrected chi connectivity index (χ1v) is 13.5.